The van der Waals surface area contributed by atoms with E-state index >= 15 is 0 Å². The number of nitrogens with zero attached hydrogens (tertiary/aromatic N) is 2. The molecular weight excluding hydrogens is 384 g/mol. The number of aliphatic hydroxyl groups excluding tert-OH is 1. The number of nitrogens with one attached hydrogen (secondary N) is 2. The molecule has 0 spiro atoms. The molecule has 0 amide bonds. The molecule has 30 heavy (non-hydrogen) atoms. The fourth-order valence-electron chi connectivity index (χ4n) is 3.00. The van der Waals surface area contributed by atoms with Gasteiger partial charge >= 0.3 is 5.97 Å². The first-order valence-electron chi connectivity index (χ1n) is 9.43. The van der Waals surface area contributed by atoms with Crippen LogP contribution in [-0.4, -0.2) is 45.9 Å². The molecule has 0 unspecified atom stereocenters. The average molecular weight is 408 g/mol. The number of anilines is 2. The van der Waals surface area contributed by atoms with Gasteiger partial charge in [-0.05, 0) is 29.7 Å². The minimum absolute atomic E-state index is 0.133. The highest BCUT2D eigenvalue weighted by molar-refractivity contribution is 5.75. The van der Waals surface area contributed by atoms with Gasteiger partial charge in [0.2, 0.25) is 11.8 Å². The molecule has 0 aliphatic heterocycles. The number of rotatable bonds is 9. The minimum Gasteiger partial charge on any atom is -0.481 e. The summed E-state index contributed by atoms with van der Waals surface area (Å²) in [6.45, 7) is 1.63. The number of ether oxygens (including phenoxy) is 1. The van der Waals surface area contributed by atoms with E-state index in [9.17, 15) is 4.79 Å². The average Bonchev–Trinajstić information content (AvgIpc) is 2.76. The number of benzene rings is 2. The summed E-state index contributed by atoms with van der Waals surface area (Å²) in [5.74, 6) is -0.461. The lowest BCUT2D eigenvalue weighted by Crippen LogP contribution is -2.39. The number of hydrogen-bond acceptors (Lipinski definition) is 7. The Morgan fingerprint density at radius 1 is 1.13 bits per heavy atom. The van der Waals surface area contributed by atoms with E-state index in [2.05, 4.69) is 38.8 Å². The van der Waals surface area contributed by atoms with Gasteiger partial charge < -0.3 is 20.3 Å². The maximum Gasteiger partial charge on any atom is 0.323 e. The van der Waals surface area contributed by atoms with Crippen molar-refractivity contribution in [2.24, 2.45) is 0 Å². The molecule has 8 nitrogen and oxygen atoms in total. The van der Waals surface area contributed by atoms with E-state index in [-0.39, 0.29) is 6.54 Å². The van der Waals surface area contributed by atoms with Crippen LogP contribution < -0.4 is 15.4 Å². The lowest BCUT2D eigenvalue weighted by molar-refractivity contribution is -0.140. The zero-order valence-corrected chi connectivity index (χ0v) is 16.8. The van der Waals surface area contributed by atoms with E-state index in [4.69, 9.17) is 14.9 Å². The highest BCUT2D eigenvalue weighted by atomic mass is 16.5. The highest BCUT2D eigenvalue weighted by Gasteiger charge is 2.16. The molecule has 0 saturated heterocycles. The van der Waals surface area contributed by atoms with Crippen molar-refractivity contribution in [1.29, 1.82) is 0 Å². The van der Waals surface area contributed by atoms with Crippen LogP contribution in [0.25, 0.3) is 11.1 Å². The molecule has 0 aliphatic rings. The Morgan fingerprint density at radius 2 is 1.90 bits per heavy atom. The van der Waals surface area contributed by atoms with Gasteiger partial charge in [-0.2, -0.15) is 4.98 Å². The Balaban J connectivity index is 1.85. The van der Waals surface area contributed by atoms with E-state index in [1.807, 2.05) is 37.3 Å². The second kappa shape index (κ2) is 9.82. The molecule has 0 bridgehead atoms. The van der Waals surface area contributed by atoms with Crippen LogP contribution in [0.15, 0.2) is 54.6 Å². The fraction of sp³-hybridized carbons (Fsp3) is 0.227. The summed E-state index contributed by atoms with van der Waals surface area (Å²) in [6.07, 6.45) is 0. The number of carbonyl (C=O) groups is 1. The quantitative estimate of drug-likeness (QED) is 0.427. The summed E-state index contributed by atoms with van der Waals surface area (Å²) in [5, 5.41) is 24.2. The molecule has 1 aromatic heterocycles. The molecule has 0 saturated carbocycles. The molecule has 4 N–H and O–H groups in total. The zero-order valence-electron chi connectivity index (χ0n) is 16.8. The number of aliphatic carboxylic acids is 1. The third kappa shape index (κ3) is 5.11. The summed E-state index contributed by atoms with van der Waals surface area (Å²) >= 11 is 0. The Hall–Kier alpha value is -3.49. The first-order chi connectivity index (χ1) is 14.5. The van der Waals surface area contributed by atoms with Crippen molar-refractivity contribution < 1.29 is 19.7 Å². The third-order valence-corrected chi connectivity index (χ3v) is 4.64. The summed E-state index contributed by atoms with van der Waals surface area (Å²) in [4.78, 5) is 19.9. The molecule has 8 heteroatoms. The Labute approximate surface area is 174 Å². The first-order valence-corrected chi connectivity index (χ1v) is 9.43. The van der Waals surface area contributed by atoms with Gasteiger partial charge in [0.15, 0.2) is 0 Å². The van der Waals surface area contributed by atoms with Gasteiger partial charge in [0, 0.05) is 18.3 Å². The Morgan fingerprint density at radius 3 is 2.57 bits per heavy atom. The van der Waals surface area contributed by atoms with Crippen LogP contribution in [0.1, 0.15) is 11.3 Å². The molecule has 1 atom stereocenters. The maximum atomic E-state index is 11.1. The topological polar surface area (TPSA) is 117 Å². The van der Waals surface area contributed by atoms with Gasteiger partial charge in [0.25, 0.3) is 0 Å². The standard InChI is InChI=1S/C22H24N4O4/c1-14-17(15-7-4-3-5-8-15)9-6-10-18(14)25-22-24-16(11-20(26-22)30-2)12-23-19(13-27)21(28)29/h3-11,19,23,27H,12-13H2,1-2H3,(H,28,29)(H,24,25,26)/t19-/m0/s1. The number of aliphatic hydroxyl groups is 1. The summed E-state index contributed by atoms with van der Waals surface area (Å²) < 4.78 is 5.25. The van der Waals surface area contributed by atoms with Crippen molar-refractivity contribution in [2.45, 2.75) is 19.5 Å². The van der Waals surface area contributed by atoms with Crippen LogP contribution in [0.2, 0.25) is 0 Å². The largest absolute Gasteiger partial charge is 0.481 e. The molecule has 0 fully saturated rings. The number of carboxylic acids is 1. The smallest absolute Gasteiger partial charge is 0.323 e. The van der Waals surface area contributed by atoms with Crippen molar-refractivity contribution in [3.05, 3.63) is 65.9 Å². The second-order valence-corrected chi connectivity index (χ2v) is 6.65. The maximum absolute atomic E-state index is 11.1. The number of hydrogen-bond donors (Lipinski definition) is 4. The molecule has 3 aromatic rings. The minimum atomic E-state index is -1.13. The fourth-order valence-corrected chi connectivity index (χ4v) is 3.00. The molecule has 2 aromatic carbocycles. The van der Waals surface area contributed by atoms with Gasteiger partial charge in [-0.3, -0.25) is 10.1 Å². The van der Waals surface area contributed by atoms with Crippen LogP contribution in [-0.2, 0) is 11.3 Å². The lowest BCUT2D eigenvalue weighted by Gasteiger charge is -2.15. The van der Waals surface area contributed by atoms with Gasteiger partial charge in [0.1, 0.15) is 6.04 Å². The van der Waals surface area contributed by atoms with Crippen LogP contribution in [0.5, 0.6) is 5.88 Å². The monoisotopic (exact) mass is 408 g/mol. The molecule has 0 aliphatic carbocycles. The van der Waals surface area contributed by atoms with Crippen LogP contribution in [0.3, 0.4) is 0 Å². The molecule has 1 heterocycles. The number of aromatic nitrogens is 2. The van der Waals surface area contributed by atoms with Crippen LogP contribution in [0.4, 0.5) is 11.6 Å². The normalized spacial score (nSPS) is 11.7. The predicted octanol–water partition coefficient (Wildman–Crippen LogP) is 2.74. The lowest BCUT2D eigenvalue weighted by atomic mass is 9.99. The van der Waals surface area contributed by atoms with Crippen molar-refractivity contribution >= 4 is 17.6 Å². The second-order valence-electron chi connectivity index (χ2n) is 6.65. The van der Waals surface area contributed by atoms with E-state index in [0.29, 0.717) is 17.5 Å². The van der Waals surface area contributed by atoms with Crippen molar-refractivity contribution in [2.75, 3.05) is 19.0 Å². The highest BCUT2D eigenvalue weighted by Crippen LogP contribution is 2.29. The number of methoxy groups -OCH3 is 1. The van der Waals surface area contributed by atoms with Crippen molar-refractivity contribution in [3.63, 3.8) is 0 Å². The Kier molecular flexibility index (Phi) is 6.95. The Bertz CT molecular complexity index is 1010. The summed E-state index contributed by atoms with van der Waals surface area (Å²) in [7, 11) is 1.50. The van der Waals surface area contributed by atoms with Crippen molar-refractivity contribution in [1.82, 2.24) is 15.3 Å². The third-order valence-electron chi connectivity index (χ3n) is 4.64. The van der Waals surface area contributed by atoms with E-state index in [0.717, 1.165) is 22.4 Å². The summed E-state index contributed by atoms with van der Waals surface area (Å²) in [6, 6.07) is 16.6. The first kappa shape index (κ1) is 21.2. The molecular formula is C22H24N4O4. The van der Waals surface area contributed by atoms with Crippen molar-refractivity contribution in [3.8, 4) is 17.0 Å². The van der Waals surface area contributed by atoms with Crippen LogP contribution in [0, 0.1) is 6.92 Å². The van der Waals surface area contributed by atoms with Crippen LogP contribution >= 0.6 is 0 Å². The van der Waals surface area contributed by atoms with E-state index in [1.54, 1.807) is 6.07 Å². The zero-order chi connectivity index (χ0) is 21.5. The van der Waals surface area contributed by atoms with E-state index < -0.39 is 18.6 Å². The molecule has 3 rings (SSSR count). The molecule has 156 valence electrons. The van der Waals surface area contributed by atoms with Gasteiger partial charge in [-0.15, -0.1) is 0 Å². The number of carboxylic acid groups (broad SMARTS) is 1. The van der Waals surface area contributed by atoms with E-state index in [1.165, 1.54) is 7.11 Å². The SMILES string of the molecule is COc1cc(CN[C@@H](CO)C(=O)O)nc(Nc2cccc(-c3ccccc3)c2C)n1. The predicted molar refractivity (Wildman–Crippen MR) is 114 cm³/mol. The molecule has 0 radical (unpaired) electrons. The van der Waals surface area contributed by atoms with Gasteiger partial charge in [-0.25, -0.2) is 4.98 Å². The van der Waals surface area contributed by atoms with Gasteiger partial charge in [0.05, 0.1) is 19.4 Å². The summed E-state index contributed by atoms with van der Waals surface area (Å²) in [5.41, 5.74) is 4.63. The van der Waals surface area contributed by atoms with Gasteiger partial charge in [-0.1, -0.05) is 42.5 Å².